The van der Waals surface area contributed by atoms with Crippen LogP contribution in [0.15, 0.2) is 34.3 Å². The van der Waals surface area contributed by atoms with Crippen LogP contribution in [0.5, 0.6) is 0 Å². The van der Waals surface area contributed by atoms with E-state index in [1.165, 1.54) is 5.41 Å². The molecule has 1 saturated heterocycles. The molecule has 1 fully saturated rings. The summed E-state index contributed by atoms with van der Waals surface area (Å²) in [6, 6.07) is 3.45. The Morgan fingerprint density at radius 1 is 1.36 bits per heavy atom. The first-order chi connectivity index (χ1) is 10.5. The second-order valence-electron chi connectivity index (χ2n) is 5.90. The lowest BCUT2D eigenvalue weighted by atomic mass is 9.95. The number of carbonyl (C=O) groups is 1. The van der Waals surface area contributed by atoms with Gasteiger partial charge in [-0.1, -0.05) is 0 Å². The number of likely N-dealkylation sites (tertiary alicyclic amines) is 1. The van der Waals surface area contributed by atoms with Crippen LogP contribution in [0.1, 0.15) is 18.6 Å². The molecule has 0 spiro atoms. The first-order valence-corrected chi connectivity index (χ1v) is 9.19. The van der Waals surface area contributed by atoms with Crippen molar-refractivity contribution in [3.63, 3.8) is 0 Å². The fourth-order valence-electron chi connectivity index (χ4n) is 2.94. The molecule has 6 nitrogen and oxygen atoms in total. The Morgan fingerprint density at radius 3 is 2.73 bits per heavy atom. The zero-order valence-electron chi connectivity index (χ0n) is 12.3. The fraction of sp³-hybridized carbons (Fsp3) is 0.533. The number of furan rings is 1. The highest BCUT2D eigenvalue weighted by atomic mass is 32.2. The summed E-state index contributed by atoms with van der Waals surface area (Å²) in [7, 11) is -3.12. The van der Waals surface area contributed by atoms with Gasteiger partial charge < -0.3 is 9.73 Å². The maximum atomic E-state index is 12.2. The summed E-state index contributed by atoms with van der Waals surface area (Å²) >= 11 is 0. The van der Waals surface area contributed by atoms with E-state index in [0.717, 1.165) is 38.2 Å². The van der Waals surface area contributed by atoms with E-state index in [4.69, 9.17) is 4.42 Å². The molecule has 0 radical (unpaired) electrons. The maximum absolute atomic E-state index is 12.2. The van der Waals surface area contributed by atoms with Gasteiger partial charge in [-0.3, -0.25) is 9.69 Å². The van der Waals surface area contributed by atoms with Crippen LogP contribution in [0.25, 0.3) is 0 Å². The van der Waals surface area contributed by atoms with Gasteiger partial charge in [0, 0.05) is 11.3 Å². The van der Waals surface area contributed by atoms with Gasteiger partial charge in [-0.2, -0.15) is 0 Å². The number of piperidine rings is 1. The van der Waals surface area contributed by atoms with Crippen molar-refractivity contribution in [3.05, 3.63) is 35.6 Å². The van der Waals surface area contributed by atoms with E-state index in [2.05, 4.69) is 10.2 Å². The van der Waals surface area contributed by atoms with Crippen LogP contribution < -0.4 is 5.32 Å². The topological polar surface area (TPSA) is 79.6 Å². The summed E-state index contributed by atoms with van der Waals surface area (Å²) in [5.74, 6) is 0.842. The summed E-state index contributed by atoms with van der Waals surface area (Å²) in [6.45, 7) is 2.46. The molecule has 1 amide bonds. The molecule has 1 N–H and O–H groups in total. The van der Waals surface area contributed by atoms with Crippen molar-refractivity contribution in [3.8, 4) is 0 Å². The molecular weight excluding hydrogens is 304 g/mol. The van der Waals surface area contributed by atoms with Crippen LogP contribution in [0, 0.1) is 5.92 Å². The SMILES string of the molecule is O=C(N[C@H]1C=CS(=O)(=O)C1)C1CCN(Cc2ccco2)CC1. The number of hydrogen-bond donors (Lipinski definition) is 1. The second-order valence-corrected chi connectivity index (χ2v) is 7.83. The van der Waals surface area contributed by atoms with Crippen molar-refractivity contribution >= 4 is 15.7 Å². The lowest BCUT2D eigenvalue weighted by Gasteiger charge is -2.31. The Bertz CT molecular complexity index is 643. The van der Waals surface area contributed by atoms with Crippen molar-refractivity contribution in [2.45, 2.75) is 25.4 Å². The summed E-state index contributed by atoms with van der Waals surface area (Å²) in [6.07, 6.45) is 4.80. The van der Waals surface area contributed by atoms with E-state index in [1.54, 1.807) is 12.3 Å². The molecule has 0 saturated carbocycles. The molecule has 2 aliphatic rings. The summed E-state index contributed by atoms with van der Waals surface area (Å²) in [4.78, 5) is 14.5. The van der Waals surface area contributed by atoms with E-state index in [9.17, 15) is 13.2 Å². The lowest BCUT2D eigenvalue weighted by Crippen LogP contribution is -2.44. The number of amides is 1. The Balaban J connectivity index is 1.45. The maximum Gasteiger partial charge on any atom is 0.223 e. The summed E-state index contributed by atoms with van der Waals surface area (Å²) < 4.78 is 28.0. The van der Waals surface area contributed by atoms with Crippen molar-refractivity contribution in [2.75, 3.05) is 18.8 Å². The van der Waals surface area contributed by atoms with Crippen LogP contribution in [0.2, 0.25) is 0 Å². The van der Waals surface area contributed by atoms with Crippen molar-refractivity contribution < 1.29 is 17.6 Å². The molecule has 22 heavy (non-hydrogen) atoms. The van der Waals surface area contributed by atoms with Gasteiger partial charge in [0.1, 0.15) is 5.76 Å². The normalized spacial score (nSPS) is 25.4. The van der Waals surface area contributed by atoms with Crippen molar-refractivity contribution in [1.82, 2.24) is 10.2 Å². The first-order valence-electron chi connectivity index (χ1n) is 7.48. The van der Waals surface area contributed by atoms with Crippen LogP contribution in [0.4, 0.5) is 0 Å². The zero-order valence-corrected chi connectivity index (χ0v) is 13.1. The number of sulfone groups is 1. The van der Waals surface area contributed by atoms with Gasteiger partial charge in [0.25, 0.3) is 0 Å². The molecule has 3 rings (SSSR count). The largest absolute Gasteiger partial charge is 0.468 e. The highest BCUT2D eigenvalue weighted by molar-refractivity contribution is 7.94. The zero-order chi connectivity index (χ0) is 15.6. The predicted octanol–water partition coefficient (Wildman–Crippen LogP) is 0.918. The number of carbonyl (C=O) groups excluding carboxylic acids is 1. The second kappa shape index (κ2) is 6.26. The Hall–Kier alpha value is -1.60. The average molecular weight is 324 g/mol. The molecule has 0 unspecified atom stereocenters. The van der Waals surface area contributed by atoms with Gasteiger partial charge in [0.05, 0.1) is 24.6 Å². The van der Waals surface area contributed by atoms with Crippen LogP contribution >= 0.6 is 0 Å². The molecule has 3 heterocycles. The summed E-state index contributed by atoms with van der Waals surface area (Å²) in [5, 5.41) is 4.01. The number of hydrogen-bond acceptors (Lipinski definition) is 5. The third-order valence-corrected chi connectivity index (χ3v) is 5.57. The predicted molar refractivity (Wildman–Crippen MR) is 81.6 cm³/mol. The van der Waals surface area contributed by atoms with Gasteiger partial charge in [0.2, 0.25) is 5.91 Å². The number of nitrogens with one attached hydrogen (secondary N) is 1. The minimum absolute atomic E-state index is 0.0178. The minimum Gasteiger partial charge on any atom is -0.468 e. The van der Waals surface area contributed by atoms with Crippen LogP contribution in [-0.2, 0) is 21.2 Å². The highest BCUT2D eigenvalue weighted by Gasteiger charge is 2.29. The number of nitrogens with zero attached hydrogens (tertiary/aromatic N) is 1. The van der Waals surface area contributed by atoms with Gasteiger partial charge in [-0.25, -0.2) is 8.42 Å². The Morgan fingerprint density at radius 2 is 2.14 bits per heavy atom. The molecule has 0 aromatic carbocycles. The van der Waals surface area contributed by atoms with Gasteiger partial charge >= 0.3 is 0 Å². The standard InChI is InChI=1S/C15H20N2O4S/c18-15(16-13-5-9-22(19,20)11-13)12-3-6-17(7-4-12)10-14-2-1-8-21-14/h1-2,5,8-9,12-13H,3-4,6-7,10-11H2,(H,16,18)/t13-/m0/s1. The third-order valence-electron chi connectivity index (χ3n) is 4.18. The highest BCUT2D eigenvalue weighted by Crippen LogP contribution is 2.20. The fourth-order valence-corrected chi connectivity index (χ4v) is 4.18. The van der Waals surface area contributed by atoms with Gasteiger partial charge in [-0.15, -0.1) is 0 Å². The molecule has 7 heteroatoms. The molecule has 120 valence electrons. The van der Waals surface area contributed by atoms with E-state index >= 15 is 0 Å². The molecule has 1 atom stereocenters. The first kappa shape index (κ1) is 15.3. The van der Waals surface area contributed by atoms with Gasteiger partial charge in [0.15, 0.2) is 9.84 Å². The van der Waals surface area contributed by atoms with Crippen LogP contribution in [-0.4, -0.2) is 44.1 Å². The smallest absolute Gasteiger partial charge is 0.223 e. The molecule has 1 aromatic heterocycles. The average Bonchev–Trinajstić information content (AvgIpc) is 3.09. The van der Waals surface area contributed by atoms with Gasteiger partial charge in [-0.05, 0) is 44.1 Å². The minimum atomic E-state index is -3.12. The Labute approximate surface area is 130 Å². The van der Waals surface area contributed by atoms with E-state index in [0.29, 0.717) is 0 Å². The Kier molecular flexibility index (Phi) is 4.35. The molecule has 0 bridgehead atoms. The van der Waals surface area contributed by atoms with E-state index < -0.39 is 9.84 Å². The molecule has 2 aliphatic heterocycles. The van der Waals surface area contributed by atoms with Crippen molar-refractivity contribution in [2.24, 2.45) is 5.92 Å². The molecule has 1 aromatic rings. The quantitative estimate of drug-likeness (QED) is 0.891. The van der Waals surface area contributed by atoms with E-state index in [1.807, 2.05) is 12.1 Å². The summed E-state index contributed by atoms with van der Waals surface area (Å²) in [5.41, 5.74) is 0. The van der Waals surface area contributed by atoms with E-state index in [-0.39, 0.29) is 23.6 Å². The molecule has 0 aliphatic carbocycles. The third kappa shape index (κ3) is 3.78. The molecular formula is C15H20N2O4S. The monoisotopic (exact) mass is 324 g/mol. The van der Waals surface area contributed by atoms with Crippen LogP contribution in [0.3, 0.4) is 0 Å². The lowest BCUT2D eigenvalue weighted by molar-refractivity contribution is -0.126. The van der Waals surface area contributed by atoms with Crippen molar-refractivity contribution in [1.29, 1.82) is 0 Å². The number of rotatable bonds is 4.